The van der Waals surface area contributed by atoms with Crippen molar-refractivity contribution in [2.24, 2.45) is 0 Å². The number of nitrogen functional groups attached to an aromatic ring is 1. The van der Waals surface area contributed by atoms with Crippen LogP contribution in [0.25, 0.3) is 0 Å². The predicted molar refractivity (Wildman–Crippen MR) is 60.4 cm³/mol. The molecule has 0 saturated heterocycles. The first-order valence-corrected chi connectivity index (χ1v) is 6.00. The number of para-hydroxylation sites is 1. The Bertz CT molecular complexity index is 431. The van der Waals surface area contributed by atoms with Crippen LogP contribution in [-0.4, -0.2) is 15.5 Å². The summed E-state index contributed by atoms with van der Waals surface area (Å²) in [7, 11) is -2.09. The van der Waals surface area contributed by atoms with Crippen molar-refractivity contribution in [3.63, 3.8) is 0 Å². The summed E-state index contributed by atoms with van der Waals surface area (Å²) in [4.78, 5) is 0. The SMILES string of the molecule is CNS(=O)(=O)NC(C)c1ccccc1N. The number of hydrogen-bond acceptors (Lipinski definition) is 3. The standard InChI is InChI=1S/C9H15N3O2S/c1-7(12-15(13,14)11-2)8-5-3-4-6-9(8)10/h3-7,11-12H,10H2,1-2H3. The fraction of sp³-hybridized carbons (Fsp3) is 0.333. The largest absolute Gasteiger partial charge is 0.398 e. The van der Waals surface area contributed by atoms with Gasteiger partial charge in [0.2, 0.25) is 0 Å². The van der Waals surface area contributed by atoms with Crippen molar-refractivity contribution in [1.29, 1.82) is 0 Å². The zero-order valence-electron chi connectivity index (χ0n) is 8.69. The second kappa shape index (κ2) is 4.61. The van der Waals surface area contributed by atoms with Gasteiger partial charge in [-0.15, -0.1) is 0 Å². The van der Waals surface area contributed by atoms with Crippen LogP contribution in [0.15, 0.2) is 24.3 Å². The Balaban J connectivity index is 2.87. The van der Waals surface area contributed by atoms with Crippen LogP contribution >= 0.6 is 0 Å². The first-order chi connectivity index (χ1) is 6.96. The van der Waals surface area contributed by atoms with Crippen LogP contribution in [0.3, 0.4) is 0 Å². The second-order valence-corrected chi connectivity index (χ2v) is 4.83. The molecule has 1 atom stereocenters. The highest BCUT2D eigenvalue weighted by Crippen LogP contribution is 2.19. The molecule has 0 heterocycles. The van der Waals surface area contributed by atoms with E-state index >= 15 is 0 Å². The second-order valence-electron chi connectivity index (χ2n) is 3.18. The molecule has 0 saturated carbocycles. The molecule has 0 spiro atoms. The molecule has 1 unspecified atom stereocenters. The topological polar surface area (TPSA) is 84.2 Å². The molecular formula is C9H15N3O2S. The lowest BCUT2D eigenvalue weighted by atomic mass is 10.1. The van der Waals surface area contributed by atoms with Crippen LogP contribution in [0.4, 0.5) is 5.69 Å². The zero-order valence-corrected chi connectivity index (χ0v) is 9.51. The zero-order chi connectivity index (χ0) is 11.5. The minimum atomic E-state index is -3.44. The molecule has 0 aliphatic rings. The van der Waals surface area contributed by atoms with Crippen molar-refractivity contribution < 1.29 is 8.42 Å². The molecular weight excluding hydrogens is 214 g/mol. The highest BCUT2D eigenvalue weighted by Gasteiger charge is 2.14. The lowest BCUT2D eigenvalue weighted by molar-refractivity contribution is 0.559. The Morgan fingerprint density at radius 1 is 1.33 bits per heavy atom. The Hall–Kier alpha value is -1.11. The first-order valence-electron chi connectivity index (χ1n) is 4.51. The van der Waals surface area contributed by atoms with Gasteiger partial charge in [-0.2, -0.15) is 13.1 Å². The highest BCUT2D eigenvalue weighted by atomic mass is 32.2. The molecule has 1 aromatic carbocycles. The fourth-order valence-corrected chi connectivity index (χ4v) is 1.97. The van der Waals surface area contributed by atoms with Gasteiger partial charge in [-0.1, -0.05) is 18.2 Å². The summed E-state index contributed by atoms with van der Waals surface area (Å²) in [5, 5.41) is 0. The highest BCUT2D eigenvalue weighted by molar-refractivity contribution is 7.87. The summed E-state index contributed by atoms with van der Waals surface area (Å²) in [5.74, 6) is 0. The molecule has 4 N–H and O–H groups in total. The molecule has 0 aromatic heterocycles. The number of hydrogen-bond donors (Lipinski definition) is 3. The van der Waals surface area contributed by atoms with Gasteiger partial charge in [0.1, 0.15) is 0 Å². The van der Waals surface area contributed by atoms with Gasteiger partial charge in [-0.25, -0.2) is 4.72 Å². The fourth-order valence-electron chi connectivity index (χ4n) is 1.26. The summed E-state index contributed by atoms with van der Waals surface area (Å²) in [6.07, 6.45) is 0. The van der Waals surface area contributed by atoms with E-state index < -0.39 is 10.2 Å². The van der Waals surface area contributed by atoms with Crippen molar-refractivity contribution in [2.75, 3.05) is 12.8 Å². The maximum atomic E-state index is 11.2. The smallest absolute Gasteiger partial charge is 0.277 e. The number of rotatable bonds is 4. The van der Waals surface area contributed by atoms with Gasteiger partial charge >= 0.3 is 0 Å². The Labute approximate surface area is 89.9 Å². The van der Waals surface area contributed by atoms with E-state index in [2.05, 4.69) is 9.44 Å². The van der Waals surface area contributed by atoms with Crippen molar-refractivity contribution in [3.05, 3.63) is 29.8 Å². The molecule has 1 aromatic rings. The molecule has 15 heavy (non-hydrogen) atoms. The summed E-state index contributed by atoms with van der Waals surface area (Å²) in [5.41, 5.74) is 7.06. The number of anilines is 1. The number of nitrogens with two attached hydrogens (primary N) is 1. The first kappa shape index (κ1) is 12.0. The normalized spacial score (nSPS) is 13.7. The third-order valence-electron chi connectivity index (χ3n) is 2.06. The van der Waals surface area contributed by atoms with Crippen molar-refractivity contribution in [1.82, 2.24) is 9.44 Å². The van der Waals surface area contributed by atoms with Crippen molar-refractivity contribution in [3.8, 4) is 0 Å². The van der Waals surface area contributed by atoms with Gasteiger partial charge in [0.25, 0.3) is 10.2 Å². The van der Waals surface area contributed by atoms with Crippen LogP contribution in [0.1, 0.15) is 18.5 Å². The summed E-state index contributed by atoms with van der Waals surface area (Å²) in [6, 6.07) is 6.79. The molecule has 0 bridgehead atoms. The predicted octanol–water partition coefficient (Wildman–Crippen LogP) is 0.384. The number of benzene rings is 1. The average Bonchev–Trinajstić information content (AvgIpc) is 2.17. The Morgan fingerprint density at radius 2 is 1.93 bits per heavy atom. The van der Waals surface area contributed by atoms with E-state index in [4.69, 9.17) is 5.73 Å². The minimum Gasteiger partial charge on any atom is -0.398 e. The van der Waals surface area contributed by atoms with Crippen LogP contribution in [0, 0.1) is 0 Å². The average molecular weight is 229 g/mol. The number of nitrogens with one attached hydrogen (secondary N) is 2. The van der Waals surface area contributed by atoms with Crippen LogP contribution in [0.5, 0.6) is 0 Å². The maximum absolute atomic E-state index is 11.2. The third-order valence-corrected chi connectivity index (χ3v) is 3.26. The molecule has 1 rings (SSSR count). The van der Waals surface area contributed by atoms with Crippen LogP contribution in [-0.2, 0) is 10.2 Å². The minimum absolute atomic E-state index is 0.358. The third kappa shape index (κ3) is 3.19. The van der Waals surface area contributed by atoms with Gasteiger partial charge in [0.15, 0.2) is 0 Å². The Morgan fingerprint density at radius 3 is 2.47 bits per heavy atom. The quantitative estimate of drug-likeness (QED) is 0.653. The molecule has 0 radical (unpaired) electrons. The monoisotopic (exact) mass is 229 g/mol. The van der Waals surface area contributed by atoms with Crippen molar-refractivity contribution in [2.45, 2.75) is 13.0 Å². The van der Waals surface area contributed by atoms with E-state index in [1.807, 2.05) is 6.07 Å². The molecule has 0 aliphatic heterocycles. The van der Waals surface area contributed by atoms with E-state index in [0.717, 1.165) is 5.56 Å². The molecule has 84 valence electrons. The van der Waals surface area contributed by atoms with E-state index in [0.29, 0.717) is 5.69 Å². The molecule has 0 aliphatic carbocycles. The lowest BCUT2D eigenvalue weighted by Gasteiger charge is -2.15. The van der Waals surface area contributed by atoms with Gasteiger partial charge in [0.05, 0.1) is 0 Å². The van der Waals surface area contributed by atoms with E-state index in [1.54, 1.807) is 25.1 Å². The van der Waals surface area contributed by atoms with Gasteiger partial charge in [-0.05, 0) is 18.6 Å². The van der Waals surface area contributed by atoms with Gasteiger partial charge in [0, 0.05) is 18.8 Å². The summed E-state index contributed by atoms with van der Waals surface area (Å²) in [6.45, 7) is 1.74. The van der Waals surface area contributed by atoms with Crippen LogP contribution < -0.4 is 15.2 Å². The lowest BCUT2D eigenvalue weighted by Crippen LogP contribution is -2.35. The van der Waals surface area contributed by atoms with E-state index in [1.165, 1.54) is 7.05 Å². The van der Waals surface area contributed by atoms with Crippen molar-refractivity contribution >= 4 is 15.9 Å². The molecule has 0 amide bonds. The van der Waals surface area contributed by atoms with Crippen LogP contribution in [0.2, 0.25) is 0 Å². The van der Waals surface area contributed by atoms with E-state index in [-0.39, 0.29) is 6.04 Å². The van der Waals surface area contributed by atoms with Gasteiger partial charge in [-0.3, -0.25) is 0 Å². The molecule has 0 fully saturated rings. The van der Waals surface area contributed by atoms with E-state index in [9.17, 15) is 8.42 Å². The Kier molecular flexibility index (Phi) is 3.67. The maximum Gasteiger partial charge on any atom is 0.277 e. The summed E-state index contributed by atoms with van der Waals surface area (Å²) >= 11 is 0. The molecule has 6 heteroatoms. The van der Waals surface area contributed by atoms with Gasteiger partial charge < -0.3 is 5.73 Å². The molecule has 5 nitrogen and oxygen atoms in total. The summed E-state index contributed by atoms with van der Waals surface area (Å²) < 4.78 is 27.1.